The molecule has 0 spiro atoms. The van der Waals surface area contributed by atoms with E-state index < -0.39 is 6.10 Å². The molecule has 3 nitrogen and oxygen atoms in total. The quantitative estimate of drug-likeness (QED) is 0.712. The molecule has 0 radical (unpaired) electrons. The van der Waals surface area contributed by atoms with Gasteiger partial charge >= 0.3 is 0 Å². The van der Waals surface area contributed by atoms with Gasteiger partial charge in [-0.1, -0.05) is 6.92 Å². The van der Waals surface area contributed by atoms with Crippen LogP contribution in [0.4, 0.5) is 0 Å². The Hall–Kier alpha value is -0.800. The molecule has 0 fully saturated rings. The first kappa shape index (κ1) is 10.3. The summed E-state index contributed by atoms with van der Waals surface area (Å²) in [4.78, 5) is 0. The van der Waals surface area contributed by atoms with Crippen molar-refractivity contribution in [2.45, 2.75) is 26.4 Å². The molecule has 0 aliphatic heterocycles. The number of aliphatic hydroxyl groups excluding tert-OH is 1. The molecule has 0 amide bonds. The van der Waals surface area contributed by atoms with E-state index in [1.54, 1.807) is 12.3 Å². The van der Waals surface area contributed by atoms with Crippen LogP contribution in [0.15, 0.2) is 16.7 Å². The van der Waals surface area contributed by atoms with E-state index in [0.717, 1.165) is 17.7 Å². The van der Waals surface area contributed by atoms with Gasteiger partial charge in [-0.05, 0) is 19.4 Å². The molecule has 0 aliphatic carbocycles. The number of aryl methyl sites for hydroxylation is 1. The molecule has 1 N–H and O–H groups in total. The molecular formula is C10H16O3. The average Bonchev–Trinajstić information content (AvgIpc) is 2.52. The predicted molar refractivity (Wildman–Crippen MR) is 49.5 cm³/mol. The van der Waals surface area contributed by atoms with Crippen LogP contribution in [0.1, 0.15) is 30.8 Å². The summed E-state index contributed by atoms with van der Waals surface area (Å²) < 4.78 is 10.3. The van der Waals surface area contributed by atoms with Crippen LogP contribution in [0.3, 0.4) is 0 Å². The molecule has 1 unspecified atom stereocenters. The zero-order valence-electron chi connectivity index (χ0n) is 8.12. The molecule has 0 aliphatic rings. The van der Waals surface area contributed by atoms with E-state index in [-0.39, 0.29) is 0 Å². The third-order valence-corrected chi connectivity index (χ3v) is 1.88. The highest BCUT2D eigenvalue weighted by Crippen LogP contribution is 2.18. The zero-order chi connectivity index (χ0) is 9.68. The van der Waals surface area contributed by atoms with Gasteiger partial charge in [-0.25, -0.2) is 0 Å². The summed E-state index contributed by atoms with van der Waals surface area (Å²) in [5.74, 6) is 0.757. The number of ether oxygens (including phenoxy) is 1. The van der Waals surface area contributed by atoms with Crippen molar-refractivity contribution in [3.8, 4) is 0 Å². The number of hydrogen-bond acceptors (Lipinski definition) is 3. The van der Waals surface area contributed by atoms with Crippen LogP contribution in [0.25, 0.3) is 0 Å². The Labute approximate surface area is 78.3 Å². The molecule has 1 heterocycles. The van der Waals surface area contributed by atoms with Crippen molar-refractivity contribution >= 4 is 0 Å². The predicted octanol–water partition coefficient (Wildman–Crippen LogP) is 2.05. The lowest BCUT2D eigenvalue weighted by molar-refractivity contribution is 0.0357. The number of rotatable bonds is 5. The smallest absolute Gasteiger partial charge is 0.106 e. The van der Waals surface area contributed by atoms with Crippen molar-refractivity contribution in [1.29, 1.82) is 0 Å². The van der Waals surface area contributed by atoms with E-state index in [2.05, 4.69) is 0 Å². The maximum Gasteiger partial charge on any atom is 0.106 e. The molecule has 0 bridgehead atoms. The molecular weight excluding hydrogens is 168 g/mol. The third kappa shape index (κ3) is 2.86. The fraction of sp³-hybridized carbons (Fsp3) is 0.600. The lowest BCUT2D eigenvalue weighted by atomic mass is 10.1. The van der Waals surface area contributed by atoms with Crippen molar-refractivity contribution in [1.82, 2.24) is 0 Å². The molecule has 1 rings (SSSR count). The summed E-state index contributed by atoms with van der Waals surface area (Å²) in [7, 11) is 0. The largest absolute Gasteiger partial charge is 0.469 e. The fourth-order valence-corrected chi connectivity index (χ4v) is 1.17. The van der Waals surface area contributed by atoms with Crippen LogP contribution in [-0.4, -0.2) is 18.3 Å². The summed E-state index contributed by atoms with van der Waals surface area (Å²) in [6.45, 7) is 4.90. The Kier molecular flexibility index (Phi) is 3.99. The summed E-state index contributed by atoms with van der Waals surface area (Å²) in [6, 6.07) is 1.77. The second-order valence-electron chi connectivity index (χ2n) is 3.02. The number of aliphatic hydroxyl groups is 1. The van der Waals surface area contributed by atoms with Gasteiger partial charge in [0.2, 0.25) is 0 Å². The minimum Gasteiger partial charge on any atom is -0.469 e. The molecule has 74 valence electrons. The number of furan rings is 1. The van der Waals surface area contributed by atoms with E-state index in [9.17, 15) is 5.11 Å². The van der Waals surface area contributed by atoms with Crippen LogP contribution < -0.4 is 0 Å². The lowest BCUT2D eigenvalue weighted by Gasteiger charge is -2.09. The van der Waals surface area contributed by atoms with E-state index in [1.165, 1.54) is 0 Å². The normalized spacial score (nSPS) is 13.2. The second-order valence-corrected chi connectivity index (χ2v) is 3.02. The van der Waals surface area contributed by atoms with Crippen molar-refractivity contribution < 1.29 is 14.3 Å². The minimum atomic E-state index is -0.565. The number of hydrogen-bond donors (Lipinski definition) is 1. The molecule has 0 saturated heterocycles. The third-order valence-electron chi connectivity index (χ3n) is 1.88. The Balaban J connectivity index is 2.39. The summed E-state index contributed by atoms with van der Waals surface area (Å²) in [5, 5.41) is 9.63. The van der Waals surface area contributed by atoms with Gasteiger partial charge in [0.15, 0.2) is 0 Å². The van der Waals surface area contributed by atoms with Crippen LogP contribution in [0.5, 0.6) is 0 Å². The molecule has 13 heavy (non-hydrogen) atoms. The maximum absolute atomic E-state index is 9.63. The van der Waals surface area contributed by atoms with Crippen LogP contribution in [0.2, 0.25) is 0 Å². The van der Waals surface area contributed by atoms with Crippen molar-refractivity contribution in [2.24, 2.45) is 0 Å². The Morgan fingerprint density at radius 3 is 2.92 bits per heavy atom. The zero-order valence-corrected chi connectivity index (χ0v) is 8.12. The highest BCUT2D eigenvalue weighted by atomic mass is 16.5. The molecule has 3 heteroatoms. The van der Waals surface area contributed by atoms with Gasteiger partial charge in [0, 0.05) is 12.2 Å². The first-order valence-electron chi connectivity index (χ1n) is 4.55. The van der Waals surface area contributed by atoms with E-state index in [1.807, 2.05) is 13.8 Å². The highest BCUT2D eigenvalue weighted by molar-refractivity contribution is 5.18. The van der Waals surface area contributed by atoms with Gasteiger partial charge < -0.3 is 14.3 Å². The summed E-state index contributed by atoms with van der Waals surface area (Å²) in [5.41, 5.74) is 0.816. The van der Waals surface area contributed by atoms with E-state index in [0.29, 0.717) is 13.2 Å². The van der Waals surface area contributed by atoms with Gasteiger partial charge in [0.25, 0.3) is 0 Å². The maximum atomic E-state index is 9.63. The molecule has 1 aromatic heterocycles. The second kappa shape index (κ2) is 5.04. The molecule has 1 atom stereocenters. The Bertz CT molecular complexity index is 242. The van der Waals surface area contributed by atoms with Crippen LogP contribution >= 0.6 is 0 Å². The van der Waals surface area contributed by atoms with E-state index >= 15 is 0 Å². The SMILES string of the molecule is CCCOCC(O)c1ccoc1C. The lowest BCUT2D eigenvalue weighted by Crippen LogP contribution is -2.07. The molecule has 0 aromatic carbocycles. The summed E-state index contributed by atoms with van der Waals surface area (Å²) >= 11 is 0. The molecule has 0 saturated carbocycles. The van der Waals surface area contributed by atoms with Crippen LogP contribution in [-0.2, 0) is 4.74 Å². The van der Waals surface area contributed by atoms with Crippen molar-refractivity contribution in [3.05, 3.63) is 23.7 Å². The first-order valence-corrected chi connectivity index (χ1v) is 4.55. The standard InChI is InChI=1S/C10H16O3/c1-3-5-12-7-10(11)9-4-6-13-8(9)2/h4,6,10-11H,3,5,7H2,1-2H3. The van der Waals surface area contributed by atoms with Gasteiger partial charge in [-0.3, -0.25) is 0 Å². The topological polar surface area (TPSA) is 42.6 Å². The highest BCUT2D eigenvalue weighted by Gasteiger charge is 2.11. The minimum absolute atomic E-state index is 0.341. The summed E-state index contributed by atoms with van der Waals surface area (Å²) in [6.07, 6.45) is 1.98. The van der Waals surface area contributed by atoms with Crippen LogP contribution in [0, 0.1) is 6.92 Å². The average molecular weight is 184 g/mol. The van der Waals surface area contributed by atoms with Crippen molar-refractivity contribution in [3.63, 3.8) is 0 Å². The van der Waals surface area contributed by atoms with Gasteiger partial charge in [-0.2, -0.15) is 0 Å². The van der Waals surface area contributed by atoms with Gasteiger partial charge in [0.05, 0.1) is 12.9 Å². The van der Waals surface area contributed by atoms with Crippen molar-refractivity contribution in [2.75, 3.05) is 13.2 Å². The molecule has 1 aromatic rings. The van der Waals surface area contributed by atoms with E-state index in [4.69, 9.17) is 9.15 Å². The first-order chi connectivity index (χ1) is 6.25. The van der Waals surface area contributed by atoms with Gasteiger partial charge in [-0.15, -0.1) is 0 Å². The Morgan fingerprint density at radius 2 is 2.38 bits per heavy atom. The fourth-order valence-electron chi connectivity index (χ4n) is 1.17. The van der Waals surface area contributed by atoms with Gasteiger partial charge in [0.1, 0.15) is 11.9 Å². The monoisotopic (exact) mass is 184 g/mol. The Morgan fingerprint density at radius 1 is 1.62 bits per heavy atom.